The maximum atomic E-state index is 9.55. The summed E-state index contributed by atoms with van der Waals surface area (Å²) in [6.07, 6.45) is 12.6. The maximum absolute atomic E-state index is 9.55. The van der Waals surface area contributed by atoms with Crippen LogP contribution in [0.5, 0.6) is 0 Å². The smallest absolute Gasteiger partial charge is 0.328 e. The summed E-state index contributed by atoms with van der Waals surface area (Å²) < 4.78 is 0. The molecule has 0 radical (unpaired) electrons. The fourth-order valence-electron chi connectivity index (χ4n) is 1.18. The van der Waals surface area contributed by atoms with Crippen molar-refractivity contribution in [2.45, 2.75) is 0 Å². The summed E-state index contributed by atoms with van der Waals surface area (Å²) in [5.74, 6) is -2.51. The number of rotatable bonds is 2. The van der Waals surface area contributed by atoms with Crippen molar-refractivity contribution in [3.63, 3.8) is 0 Å². The van der Waals surface area contributed by atoms with Crippen molar-refractivity contribution in [2.75, 3.05) is 0 Å². The summed E-state index contributed by atoms with van der Waals surface area (Å²) in [5, 5.41) is 18.6. The Balaban J connectivity index is 0.000000203. The number of aromatic nitrogens is 1. The van der Waals surface area contributed by atoms with Gasteiger partial charge in [0.25, 0.3) is 0 Å². The van der Waals surface area contributed by atoms with Crippen molar-refractivity contribution in [3.05, 3.63) is 54.1 Å². The summed E-state index contributed by atoms with van der Waals surface area (Å²) >= 11 is 0. The number of pyridine rings is 1. The normalized spacial score (nSPS) is 11.8. The number of hydrogen-bond acceptors (Lipinski definition) is 4. The van der Waals surface area contributed by atoms with Crippen molar-refractivity contribution < 1.29 is 19.8 Å². The molecular weight excluding hydrogens is 248 g/mol. The third-order valence-electron chi connectivity index (χ3n) is 1.97. The molecule has 98 valence electrons. The molecule has 0 amide bonds. The summed E-state index contributed by atoms with van der Waals surface area (Å²) in [4.78, 5) is 23.1. The van der Waals surface area contributed by atoms with Crippen molar-refractivity contribution in [3.8, 4) is 0 Å². The lowest BCUT2D eigenvalue weighted by Crippen LogP contribution is -1.91. The predicted molar refractivity (Wildman–Crippen MR) is 69.9 cm³/mol. The zero-order chi connectivity index (χ0) is 14.1. The highest BCUT2D eigenvalue weighted by atomic mass is 16.4. The first-order valence-corrected chi connectivity index (χ1v) is 5.26. The van der Waals surface area contributed by atoms with Crippen LogP contribution in [0, 0.1) is 0 Å². The number of nitrogens with zero attached hydrogens (tertiary/aromatic N) is 1. The molecular formula is C13H12N2O4. The van der Waals surface area contributed by atoms with Gasteiger partial charge in [0.2, 0.25) is 0 Å². The first kappa shape index (κ1) is 14.2. The minimum Gasteiger partial charge on any atom is -0.478 e. The summed E-state index contributed by atoms with van der Waals surface area (Å²) in [5.41, 5.74) is 2.34. The number of carboxylic acid groups (broad SMARTS) is 2. The van der Waals surface area contributed by atoms with Gasteiger partial charge in [-0.05, 0) is 23.8 Å². The van der Waals surface area contributed by atoms with E-state index in [1.165, 1.54) is 5.56 Å². The van der Waals surface area contributed by atoms with E-state index >= 15 is 0 Å². The Bertz CT molecular complexity index is 500. The van der Waals surface area contributed by atoms with Gasteiger partial charge in [-0.2, -0.15) is 0 Å². The molecule has 0 unspecified atom stereocenters. The van der Waals surface area contributed by atoms with E-state index in [0.29, 0.717) is 12.2 Å². The van der Waals surface area contributed by atoms with E-state index in [2.05, 4.69) is 10.3 Å². The molecule has 1 aliphatic heterocycles. The highest BCUT2D eigenvalue weighted by Gasteiger charge is 1.95. The third-order valence-corrected chi connectivity index (χ3v) is 1.97. The van der Waals surface area contributed by atoms with Crippen LogP contribution in [0.2, 0.25) is 0 Å². The second-order valence-electron chi connectivity index (χ2n) is 3.35. The zero-order valence-corrected chi connectivity index (χ0v) is 9.85. The number of carbonyl (C=O) groups is 2. The lowest BCUT2D eigenvalue weighted by molar-refractivity contribution is -0.134. The molecule has 2 heterocycles. The summed E-state index contributed by atoms with van der Waals surface area (Å²) in [6.45, 7) is 0. The van der Waals surface area contributed by atoms with Gasteiger partial charge >= 0.3 is 11.9 Å². The van der Waals surface area contributed by atoms with E-state index in [1.807, 2.05) is 36.8 Å². The quantitative estimate of drug-likeness (QED) is 0.694. The van der Waals surface area contributed by atoms with Gasteiger partial charge in [-0.1, -0.05) is 0 Å². The lowest BCUT2D eigenvalue weighted by atomic mass is 10.1. The van der Waals surface area contributed by atoms with Crippen LogP contribution in [0.4, 0.5) is 0 Å². The number of aliphatic carboxylic acids is 2. The standard InChI is InChI=1S/C9H8N2.C4H4O4/c1-4-10-5-3-9-7-11-6-2-8(1)9;5-3(6)1-2-4(7)8/h1-7,10H;1-2H,(H,5,6)(H,7,8)/b;2-1-. The van der Waals surface area contributed by atoms with Crippen molar-refractivity contribution >= 4 is 24.1 Å². The molecule has 0 spiro atoms. The van der Waals surface area contributed by atoms with Crippen LogP contribution in [0.15, 0.2) is 43.0 Å². The average Bonchev–Trinajstić information content (AvgIpc) is 2.62. The van der Waals surface area contributed by atoms with Gasteiger partial charge in [0.1, 0.15) is 0 Å². The molecule has 0 bridgehead atoms. The highest BCUT2D eigenvalue weighted by molar-refractivity contribution is 5.89. The number of hydrogen-bond donors (Lipinski definition) is 3. The Morgan fingerprint density at radius 3 is 2.21 bits per heavy atom. The predicted octanol–water partition coefficient (Wildman–Crippen LogP) is 1.34. The van der Waals surface area contributed by atoms with Crippen molar-refractivity contribution in [2.24, 2.45) is 0 Å². The first-order valence-electron chi connectivity index (χ1n) is 5.26. The van der Waals surface area contributed by atoms with E-state index in [9.17, 15) is 9.59 Å². The molecule has 6 nitrogen and oxygen atoms in total. The monoisotopic (exact) mass is 260 g/mol. The minimum absolute atomic E-state index is 0.558. The molecule has 0 saturated carbocycles. The zero-order valence-electron chi connectivity index (χ0n) is 9.85. The Kier molecular flexibility index (Phi) is 5.55. The molecule has 2 rings (SSSR count). The van der Waals surface area contributed by atoms with Crippen LogP contribution in [0.1, 0.15) is 11.1 Å². The summed E-state index contributed by atoms with van der Waals surface area (Å²) in [7, 11) is 0. The molecule has 0 aromatic carbocycles. The molecule has 1 aromatic heterocycles. The second-order valence-corrected chi connectivity index (χ2v) is 3.35. The Morgan fingerprint density at radius 2 is 1.63 bits per heavy atom. The van der Waals surface area contributed by atoms with E-state index in [0.717, 1.165) is 5.56 Å². The molecule has 0 aliphatic carbocycles. The van der Waals surface area contributed by atoms with Gasteiger partial charge in [-0.15, -0.1) is 0 Å². The van der Waals surface area contributed by atoms with Gasteiger partial charge in [-0.3, -0.25) is 4.98 Å². The average molecular weight is 260 g/mol. The van der Waals surface area contributed by atoms with Gasteiger partial charge in [0.05, 0.1) is 0 Å². The van der Waals surface area contributed by atoms with Gasteiger partial charge in [-0.25, -0.2) is 9.59 Å². The third kappa shape index (κ3) is 5.83. The molecule has 0 fully saturated rings. The van der Waals surface area contributed by atoms with Crippen LogP contribution in [0.25, 0.3) is 12.2 Å². The van der Waals surface area contributed by atoms with E-state index in [1.54, 1.807) is 6.20 Å². The number of carboxylic acids is 2. The number of fused-ring (bicyclic) bond motifs is 1. The van der Waals surface area contributed by atoms with Gasteiger partial charge in [0, 0.05) is 42.5 Å². The first-order chi connectivity index (χ1) is 9.09. The van der Waals surface area contributed by atoms with E-state index < -0.39 is 11.9 Å². The van der Waals surface area contributed by atoms with Crippen molar-refractivity contribution in [1.82, 2.24) is 10.3 Å². The molecule has 19 heavy (non-hydrogen) atoms. The Morgan fingerprint density at radius 1 is 1.05 bits per heavy atom. The molecule has 6 heteroatoms. The van der Waals surface area contributed by atoms with Crippen LogP contribution in [0.3, 0.4) is 0 Å². The summed E-state index contributed by atoms with van der Waals surface area (Å²) in [6, 6.07) is 1.99. The highest BCUT2D eigenvalue weighted by Crippen LogP contribution is 2.11. The van der Waals surface area contributed by atoms with Crippen molar-refractivity contribution in [1.29, 1.82) is 0 Å². The SMILES string of the molecule is C1=Cc2ccncc2C=CN1.O=C(O)/C=C\C(=O)O. The second kappa shape index (κ2) is 7.44. The Hall–Kier alpha value is -2.89. The topological polar surface area (TPSA) is 99.5 Å². The fraction of sp³-hybridized carbons (Fsp3) is 0. The van der Waals surface area contributed by atoms with Crippen LogP contribution in [-0.2, 0) is 9.59 Å². The largest absolute Gasteiger partial charge is 0.478 e. The van der Waals surface area contributed by atoms with Gasteiger partial charge in [0.15, 0.2) is 0 Å². The minimum atomic E-state index is -1.26. The fourth-order valence-corrected chi connectivity index (χ4v) is 1.18. The lowest BCUT2D eigenvalue weighted by Gasteiger charge is -1.95. The van der Waals surface area contributed by atoms with Crippen LogP contribution in [-0.4, -0.2) is 27.1 Å². The van der Waals surface area contributed by atoms with Crippen LogP contribution >= 0.6 is 0 Å². The molecule has 3 N–H and O–H groups in total. The van der Waals surface area contributed by atoms with Gasteiger partial charge < -0.3 is 15.5 Å². The molecule has 0 saturated heterocycles. The molecule has 1 aliphatic rings. The van der Waals surface area contributed by atoms with E-state index in [-0.39, 0.29) is 0 Å². The number of nitrogens with one attached hydrogen (secondary N) is 1. The van der Waals surface area contributed by atoms with Crippen LogP contribution < -0.4 is 5.32 Å². The maximum Gasteiger partial charge on any atom is 0.328 e. The molecule has 1 aromatic rings. The Labute approximate surface area is 109 Å². The van der Waals surface area contributed by atoms with E-state index in [4.69, 9.17) is 10.2 Å². The molecule has 0 atom stereocenters.